The molecule has 1 nitrogen and oxygen atoms in total. The Morgan fingerprint density at radius 1 is 1.00 bits per heavy atom. The Bertz CT molecular complexity index is 543. The zero-order chi connectivity index (χ0) is 13.0. The van der Waals surface area contributed by atoms with Crippen molar-refractivity contribution >= 4 is 39.1 Å². The molecule has 0 spiro atoms. The average molecular weight is 346 g/mol. The second-order valence-electron chi connectivity index (χ2n) is 3.78. The van der Waals surface area contributed by atoms with Crippen molar-refractivity contribution in [2.75, 3.05) is 0 Å². The fourth-order valence-corrected chi connectivity index (χ4v) is 2.31. The highest BCUT2D eigenvalue weighted by Gasteiger charge is 2.05. The molecule has 4 heteroatoms. The smallest absolute Gasteiger partial charge is 0.138 e. The lowest BCUT2D eigenvalue weighted by molar-refractivity contribution is 0.306. The first-order chi connectivity index (χ1) is 8.70. The van der Waals surface area contributed by atoms with Gasteiger partial charge in [-0.3, -0.25) is 0 Å². The maximum atomic E-state index is 6.14. The summed E-state index contributed by atoms with van der Waals surface area (Å²) < 4.78 is 5.67. The lowest BCUT2D eigenvalue weighted by Crippen LogP contribution is -1.97. The topological polar surface area (TPSA) is 9.23 Å². The minimum absolute atomic E-state index is 0.410. The number of benzene rings is 2. The molecule has 2 aromatic carbocycles. The summed E-state index contributed by atoms with van der Waals surface area (Å²) in [5, 5.41) is 2.09. The van der Waals surface area contributed by atoms with Gasteiger partial charge in [0.2, 0.25) is 0 Å². The van der Waals surface area contributed by atoms with Gasteiger partial charge < -0.3 is 4.74 Å². The Hall–Kier alpha value is -0.700. The molecule has 0 aliphatic heterocycles. The zero-order valence-electron chi connectivity index (χ0n) is 9.50. The van der Waals surface area contributed by atoms with Gasteiger partial charge in [0.05, 0.1) is 5.02 Å². The summed E-state index contributed by atoms with van der Waals surface area (Å²) in [4.78, 5) is 0. The number of rotatable bonds is 4. The molecular formula is C14H11BrCl2O. The van der Waals surface area contributed by atoms with Crippen LogP contribution >= 0.6 is 39.1 Å². The fourth-order valence-electron chi connectivity index (χ4n) is 1.52. The van der Waals surface area contributed by atoms with Crippen LogP contribution in [0.5, 0.6) is 5.75 Å². The molecule has 2 aromatic rings. The van der Waals surface area contributed by atoms with Gasteiger partial charge in [-0.05, 0) is 23.8 Å². The molecule has 0 aromatic heterocycles. The van der Waals surface area contributed by atoms with Gasteiger partial charge in [0.1, 0.15) is 12.4 Å². The molecule has 0 aliphatic rings. The first kappa shape index (κ1) is 13.7. The molecule has 0 fully saturated rings. The molecule has 0 heterocycles. The number of ether oxygens (including phenoxy) is 1. The summed E-state index contributed by atoms with van der Waals surface area (Å²) >= 11 is 15.6. The van der Waals surface area contributed by atoms with E-state index in [1.807, 2.05) is 42.5 Å². The molecule has 2 rings (SSSR count). The van der Waals surface area contributed by atoms with Crippen molar-refractivity contribution < 1.29 is 4.74 Å². The summed E-state index contributed by atoms with van der Waals surface area (Å²) in [7, 11) is 0. The van der Waals surface area contributed by atoms with Crippen molar-refractivity contribution in [3.05, 3.63) is 63.6 Å². The third-order valence-corrected chi connectivity index (χ3v) is 3.80. The molecule has 0 unspecified atom stereocenters. The number of alkyl halides is 1. The quantitative estimate of drug-likeness (QED) is 0.668. The summed E-state index contributed by atoms with van der Waals surface area (Å²) in [6, 6.07) is 13.3. The Balaban J connectivity index is 2.09. The maximum absolute atomic E-state index is 6.14. The van der Waals surface area contributed by atoms with Crippen molar-refractivity contribution in [3.63, 3.8) is 0 Å². The summed E-state index contributed by atoms with van der Waals surface area (Å²) in [6.07, 6.45) is 0. The van der Waals surface area contributed by atoms with E-state index in [-0.39, 0.29) is 0 Å². The summed E-state index contributed by atoms with van der Waals surface area (Å²) in [5.41, 5.74) is 2.06. The largest absolute Gasteiger partial charge is 0.487 e. The standard InChI is InChI=1S/C14H11BrCl2O/c15-8-10-5-6-14(13(17)7-10)18-9-11-3-1-2-4-12(11)16/h1-7H,8-9H2. The monoisotopic (exact) mass is 344 g/mol. The van der Waals surface area contributed by atoms with Crippen LogP contribution in [0.3, 0.4) is 0 Å². The van der Waals surface area contributed by atoms with Gasteiger partial charge in [0, 0.05) is 15.9 Å². The first-order valence-electron chi connectivity index (χ1n) is 5.41. The lowest BCUT2D eigenvalue weighted by atomic mass is 10.2. The highest BCUT2D eigenvalue weighted by Crippen LogP contribution is 2.27. The van der Waals surface area contributed by atoms with E-state index in [9.17, 15) is 0 Å². The lowest BCUT2D eigenvalue weighted by Gasteiger charge is -2.10. The predicted molar refractivity (Wildman–Crippen MR) is 79.9 cm³/mol. The van der Waals surface area contributed by atoms with Gasteiger partial charge in [-0.15, -0.1) is 0 Å². The SMILES string of the molecule is Clc1ccccc1COc1ccc(CBr)cc1Cl. The van der Waals surface area contributed by atoms with Crippen molar-refractivity contribution in [3.8, 4) is 5.75 Å². The third kappa shape index (κ3) is 3.41. The van der Waals surface area contributed by atoms with Crippen molar-refractivity contribution in [2.45, 2.75) is 11.9 Å². The van der Waals surface area contributed by atoms with E-state index in [0.29, 0.717) is 22.4 Å². The van der Waals surface area contributed by atoms with Crippen LogP contribution in [-0.4, -0.2) is 0 Å². The van der Waals surface area contributed by atoms with Crippen molar-refractivity contribution in [2.24, 2.45) is 0 Å². The van der Waals surface area contributed by atoms with Gasteiger partial charge in [0.15, 0.2) is 0 Å². The number of hydrogen-bond acceptors (Lipinski definition) is 1. The molecule has 0 bridgehead atoms. The molecule has 0 amide bonds. The molecule has 0 aliphatic carbocycles. The molecular weight excluding hydrogens is 335 g/mol. The molecule has 0 atom stereocenters. The normalized spacial score (nSPS) is 10.4. The van der Waals surface area contributed by atoms with Gasteiger partial charge in [-0.2, -0.15) is 0 Å². The number of hydrogen-bond donors (Lipinski definition) is 0. The molecule has 0 N–H and O–H groups in total. The van der Waals surface area contributed by atoms with Crippen LogP contribution in [0, 0.1) is 0 Å². The van der Waals surface area contributed by atoms with Crippen LogP contribution in [-0.2, 0) is 11.9 Å². The van der Waals surface area contributed by atoms with E-state index in [4.69, 9.17) is 27.9 Å². The Labute approximate surface area is 125 Å². The Morgan fingerprint density at radius 2 is 1.78 bits per heavy atom. The van der Waals surface area contributed by atoms with Crippen LogP contribution in [0.15, 0.2) is 42.5 Å². The van der Waals surface area contributed by atoms with Crippen LogP contribution in [0.1, 0.15) is 11.1 Å². The molecule has 0 saturated heterocycles. The third-order valence-electron chi connectivity index (χ3n) is 2.49. The zero-order valence-corrected chi connectivity index (χ0v) is 12.6. The number of halogens is 3. The van der Waals surface area contributed by atoms with Gasteiger partial charge in [0.25, 0.3) is 0 Å². The second kappa shape index (κ2) is 6.46. The van der Waals surface area contributed by atoms with E-state index in [1.54, 1.807) is 0 Å². The van der Waals surface area contributed by atoms with Crippen molar-refractivity contribution in [1.29, 1.82) is 0 Å². The fraction of sp³-hybridized carbons (Fsp3) is 0.143. The van der Waals surface area contributed by atoms with Gasteiger partial charge in [-0.25, -0.2) is 0 Å². The van der Waals surface area contributed by atoms with Crippen LogP contribution in [0.2, 0.25) is 10.0 Å². The van der Waals surface area contributed by atoms with E-state index in [1.165, 1.54) is 0 Å². The first-order valence-corrected chi connectivity index (χ1v) is 7.29. The average Bonchev–Trinajstić information content (AvgIpc) is 2.39. The van der Waals surface area contributed by atoms with E-state index < -0.39 is 0 Å². The van der Waals surface area contributed by atoms with E-state index >= 15 is 0 Å². The Kier molecular flexibility index (Phi) is 4.93. The predicted octanol–water partition coefficient (Wildman–Crippen LogP) is 5.47. The van der Waals surface area contributed by atoms with E-state index in [0.717, 1.165) is 16.5 Å². The highest BCUT2D eigenvalue weighted by molar-refractivity contribution is 9.08. The molecule has 0 saturated carbocycles. The molecule has 94 valence electrons. The molecule has 18 heavy (non-hydrogen) atoms. The van der Waals surface area contributed by atoms with Gasteiger partial charge in [-0.1, -0.05) is 63.4 Å². The van der Waals surface area contributed by atoms with Crippen LogP contribution in [0.4, 0.5) is 0 Å². The maximum Gasteiger partial charge on any atom is 0.138 e. The molecule has 0 radical (unpaired) electrons. The van der Waals surface area contributed by atoms with E-state index in [2.05, 4.69) is 15.9 Å². The van der Waals surface area contributed by atoms with Gasteiger partial charge >= 0.3 is 0 Å². The minimum Gasteiger partial charge on any atom is -0.487 e. The second-order valence-corrected chi connectivity index (χ2v) is 5.15. The highest BCUT2D eigenvalue weighted by atomic mass is 79.9. The Morgan fingerprint density at radius 3 is 2.44 bits per heavy atom. The van der Waals surface area contributed by atoms with Crippen LogP contribution < -0.4 is 4.74 Å². The van der Waals surface area contributed by atoms with Crippen LogP contribution in [0.25, 0.3) is 0 Å². The summed E-state index contributed by atoms with van der Waals surface area (Å²) in [5.74, 6) is 0.668. The summed E-state index contributed by atoms with van der Waals surface area (Å²) in [6.45, 7) is 0.410. The minimum atomic E-state index is 0.410. The van der Waals surface area contributed by atoms with Crippen molar-refractivity contribution in [1.82, 2.24) is 0 Å².